The minimum atomic E-state index is -4.81. The fourth-order valence-corrected chi connectivity index (χ4v) is 4.28. The summed E-state index contributed by atoms with van der Waals surface area (Å²) < 4.78 is 64.6. The van der Waals surface area contributed by atoms with Crippen LogP contribution in [-0.2, 0) is 27.2 Å². The Labute approximate surface area is 182 Å². The Balaban J connectivity index is 2.23. The number of carbonyl (C=O) groups excluding carboxylic acids is 2. The number of rotatable bonds is 7. The second kappa shape index (κ2) is 9.20. The summed E-state index contributed by atoms with van der Waals surface area (Å²) in [6, 6.07) is 4.78. The van der Waals surface area contributed by atoms with E-state index >= 15 is 0 Å². The number of alkyl halides is 3. The highest BCUT2D eigenvalue weighted by molar-refractivity contribution is 7.91. The number of anilines is 1. The van der Waals surface area contributed by atoms with E-state index in [1.54, 1.807) is 0 Å². The van der Waals surface area contributed by atoms with Crippen molar-refractivity contribution in [2.75, 3.05) is 18.1 Å². The van der Waals surface area contributed by atoms with E-state index in [9.17, 15) is 36.3 Å². The van der Waals surface area contributed by atoms with Gasteiger partial charge >= 0.3 is 6.18 Å². The van der Waals surface area contributed by atoms with Gasteiger partial charge in [-0.3, -0.25) is 14.6 Å². The van der Waals surface area contributed by atoms with Crippen LogP contribution in [-0.4, -0.2) is 53.7 Å². The molecule has 0 saturated heterocycles. The molecule has 0 spiro atoms. The van der Waals surface area contributed by atoms with Gasteiger partial charge in [0.1, 0.15) is 0 Å². The van der Waals surface area contributed by atoms with E-state index in [0.717, 1.165) is 25.3 Å². The molecule has 3 N–H and O–H groups in total. The lowest BCUT2D eigenvalue weighted by molar-refractivity contribution is -0.142. The Morgan fingerprint density at radius 3 is 2.25 bits per heavy atom. The van der Waals surface area contributed by atoms with Crippen molar-refractivity contribution in [2.24, 2.45) is 0 Å². The maximum Gasteiger partial charge on any atom is 0.435 e. The Morgan fingerprint density at radius 2 is 1.75 bits per heavy atom. The highest BCUT2D eigenvalue weighted by Crippen LogP contribution is 2.30. The first-order chi connectivity index (χ1) is 14.7. The lowest BCUT2D eigenvalue weighted by Gasteiger charge is -2.22. The van der Waals surface area contributed by atoms with Crippen LogP contribution in [0.4, 0.5) is 19.0 Å². The van der Waals surface area contributed by atoms with Crippen molar-refractivity contribution in [1.82, 2.24) is 15.3 Å². The fraction of sp³-hybridized carbons (Fsp3) is 0.368. The molecule has 9 nitrogen and oxygen atoms in total. The zero-order chi connectivity index (χ0) is 24.3. The molecule has 2 rings (SSSR count). The summed E-state index contributed by atoms with van der Waals surface area (Å²) >= 11 is 0. The molecule has 1 aromatic heterocycles. The van der Waals surface area contributed by atoms with E-state index in [4.69, 9.17) is 0 Å². The van der Waals surface area contributed by atoms with Crippen LogP contribution in [0.25, 0.3) is 0 Å². The average molecular weight is 474 g/mol. The van der Waals surface area contributed by atoms with Crippen molar-refractivity contribution in [3.8, 4) is 0 Å². The van der Waals surface area contributed by atoms with Crippen LogP contribution >= 0.6 is 0 Å². The summed E-state index contributed by atoms with van der Waals surface area (Å²) in [6.07, 6.45) is -3.98. The number of sulfone groups is 1. The number of hydrogen-bond acceptors (Lipinski definition) is 7. The van der Waals surface area contributed by atoms with Crippen molar-refractivity contribution >= 4 is 27.5 Å². The first-order valence-corrected chi connectivity index (χ1v) is 10.9. The van der Waals surface area contributed by atoms with Crippen LogP contribution in [0.2, 0.25) is 0 Å². The smallest absolute Gasteiger partial charge is 0.379 e. The van der Waals surface area contributed by atoms with Crippen LogP contribution in [0.15, 0.2) is 35.4 Å². The molecule has 0 aliphatic rings. The summed E-state index contributed by atoms with van der Waals surface area (Å²) in [6.45, 7) is 2.35. The number of benzene rings is 1. The van der Waals surface area contributed by atoms with Gasteiger partial charge in [0, 0.05) is 12.6 Å². The molecule has 13 heteroatoms. The normalized spacial score (nSPS) is 13.8. The molecular weight excluding hydrogens is 453 g/mol. The molecule has 0 fully saturated rings. The lowest BCUT2D eigenvalue weighted by atomic mass is 10.1. The average Bonchev–Trinajstić information content (AvgIpc) is 2.71. The SMILES string of the molecule is CCc1ncc(NC(=O)[C@@](C)(O)CS(=O)(=O)c2ccc(C(=O)NC)cc2)nc1C(F)(F)F. The van der Waals surface area contributed by atoms with Crippen molar-refractivity contribution in [2.45, 2.75) is 36.9 Å². The first kappa shape index (κ1) is 25.2. The standard InChI is InChI=1S/C19H21F3N4O5S/c1-4-13-15(19(20,21)22)25-14(9-24-13)26-17(28)18(2,29)10-32(30,31)12-7-5-11(6-8-12)16(27)23-3/h5-9,29H,4,10H2,1-3H3,(H,23,27)(H,25,26,28)/t18-/m0/s1. The first-order valence-electron chi connectivity index (χ1n) is 9.23. The van der Waals surface area contributed by atoms with Crippen LogP contribution in [0.3, 0.4) is 0 Å². The fourth-order valence-electron chi connectivity index (χ4n) is 2.69. The Hall–Kier alpha value is -3.06. The molecule has 0 radical (unpaired) electrons. The summed E-state index contributed by atoms with van der Waals surface area (Å²) in [5, 5.41) is 14.8. The predicted octanol–water partition coefficient (Wildman–Crippen LogP) is 1.58. The van der Waals surface area contributed by atoms with Gasteiger partial charge in [-0.1, -0.05) is 6.92 Å². The van der Waals surface area contributed by atoms with E-state index in [-0.39, 0.29) is 22.6 Å². The molecule has 1 aromatic carbocycles. The molecule has 0 saturated carbocycles. The molecule has 1 atom stereocenters. The quantitative estimate of drug-likeness (QED) is 0.554. The van der Waals surface area contributed by atoms with Gasteiger partial charge < -0.3 is 15.7 Å². The van der Waals surface area contributed by atoms with E-state index in [1.165, 1.54) is 26.1 Å². The molecule has 0 unspecified atom stereocenters. The van der Waals surface area contributed by atoms with Gasteiger partial charge in [0.15, 0.2) is 27.0 Å². The maximum atomic E-state index is 13.1. The van der Waals surface area contributed by atoms with Gasteiger partial charge in [0.05, 0.1) is 22.5 Å². The summed E-state index contributed by atoms with van der Waals surface area (Å²) in [7, 11) is -2.80. The topological polar surface area (TPSA) is 138 Å². The third kappa shape index (κ3) is 5.79. The number of amides is 2. The van der Waals surface area contributed by atoms with Gasteiger partial charge in [0.2, 0.25) is 0 Å². The second-order valence-corrected chi connectivity index (χ2v) is 8.98. The van der Waals surface area contributed by atoms with Crippen molar-refractivity contribution in [1.29, 1.82) is 0 Å². The van der Waals surface area contributed by atoms with Gasteiger partial charge in [-0.2, -0.15) is 13.2 Å². The second-order valence-electron chi connectivity index (χ2n) is 6.99. The summed E-state index contributed by atoms with van der Waals surface area (Å²) in [5.74, 6) is -3.38. The molecule has 0 bridgehead atoms. The number of aliphatic hydroxyl groups is 1. The molecule has 2 amide bonds. The Kier molecular flexibility index (Phi) is 7.25. The minimum Gasteiger partial charge on any atom is -0.379 e. The third-order valence-corrected chi connectivity index (χ3v) is 6.29. The van der Waals surface area contributed by atoms with Crippen LogP contribution < -0.4 is 10.6 Å². The van der Waals surface area contributed by atoms with Crippen LogP contribution in [0, 0.1) is 0 Å². The molecule has 0 aliphatic carbocycles. The van der Waals surface area contributed by atoms with Crippen molar-refractivity contribution in [3.05, 3.63) is 47.4 Å². The number of nitrogens with zero attached hydrogens (tertiary/aromatic N) is 2. The number of halogens is 3. The minimum absolute atomic E-state index is 0.0509. The Bertz CT molecular complexity index is 1120. The molecule has 2 aromatic rings. The number of aryl methyl sites for hydroxylation is 1. The van der Waals surface area contributed by atoms with E-state index in [0.29, 0.717) is 0 Å². The highest BCUT2D eigenvalue weighted by atomic mass is 32.2. The molecule has 1 heterocycles. The molecular formula is C19H21F3N4O5S. The largest absolute Gasteiger partial charge is 0.435 e. The summed E-state index contributed by atoms with van der Waals surface area (Å²) in [4.78, 5) is 30.7. The molecule has 174 valence electrons. The monoisotopic (exact) mass is 474 g/mol. The number of aromatic nitrogens is 2. The summed E-state index contributed by atoms with van der Waals surface area (Å²) in [5.41, 5.74) is -3.93. The van der Waals surface area contributed by atoms with Gasteiger partial charge in [0.25, 0.3) is 11.8 Å². The number of nitrogens with one attached hydrogen (secondary N) is 2. The van der Waals surface area contributed by atoms with E-state index in [2.05, 4.69) is 15.3 Å². The van der Waals surface area contributed by atoms with Gasteiger partial charge in [-0.25, -0.2) is 13.4 Å². The third-order valence-electron chi connectivity index (χ3n) is 4.36. The lowest BCUT2D eigenvalue weighted by Crippen LogP contribution is -2.46. The maximum absolute atomic E-state index is 13.1. The zero-order valence-electron chi connectivity index (χ0n) is 17.3. The highest BCUT2D eigenvalue weighted by Gasteiger charge is 2.39. The number of hydrogen-bond donors (Lipinski definition) is 3. The number of carbonyl (C=O) groups is 2. The Morgan fingerprint density at radius 1 is 1.16 bits per heavy atom. The van der Waals surface area contributed by atoms with Crippen molar-refractivity contribution in [3.63, 3.8) is 0 Å². The molecule has 32 heavy (non-hydrogen) atoms. The van der Waals surface area contributed by atoms with Crippen LogP contribution in [0.1, 0.15) is 35.6 Å². The van der Waals surface area contributed by atoms with E-state index in [1.807, 2.05) is 5.32 Å². The predicted molar refractivity (Wildman–Crippen MR) is 108 cm³/mol. The van der Waals surface area contributed by atoms with Crippen LogP contribution in [0.5, 0.6) is 0 Å². The van der Waals surface area contributed by atoms with Gasteiger partial charge in [-0.15, -0.1) is 0 Å². The molecule has 0 aliphatic heterocycles. The van der Waals surface area contributed by atoms with Crippen molar-refractivity contribution < 1.29 is 36.3 Å². The zero-order valence-corrected chi connectivity index (χ0v) is 18.1. The van der Waals surface area contributed by atoms with E-state index < -0.39 is 50.7 Å². The van der Waals surface area contributed by atoms with Gasteiger partial charge in [-0.05, 0) is 37.6 Å².